The number of para-hydroxylation sites is 1. The molecule has 1 aliphatic rings. The minimum Gasteiger partial charge on any atom is -0.311 e. The average molecular weight is 404 g/mol. The third kappa shape index (κ3) is 3.20. The lowest BCUT2D eigenvalue weighted by Gasteiger charge is -2.29. The predicted octanol–water partition coefficient (Wildman–Crippen LogP) is 3.04. The van der Waals surface area contributed by atoms with Gasteiger partial charge in [-0.25, -0.2) is 9.67 Å². The lowest BCUT2D eigenvalue weighted by Crippen LogP contribution is -2.40. The van der Waals surface area contributed by atoms with Crippen molar-refractivity contribution in [3.63, 3.8) is 0 Å². The fourth-order valence-corrected chi connectivity index (χ4v) is 3.89. The minimum absolute atomic E-state index is 0.0887. The molecule has 1 amide bonds. The van der Waals surface area contributed by atoms with Crippen LogP contribution in [0.5, 0.6) is 0 Å². The third-order valence-corrected chi connectivity index (χ3v) is 5.25. The number of rotatable bonds is 2. The van der Waals surface area contributed by atoms with E-state index in [2.05, 4.69) is 4.98 Å². The number of nitrogens with zero attached hydrogens (tertiary/aromatic N) is 4. The molecule has 0 saturated carbocycles. The normalized spacial score (nSPS) is 14.3. The summed E-state index contributed by atoms with van der Waals surface area (Å²) in [6.07, 6.45) is -3.06. The van der Waals surface area contributed by atoms with E-state index in [1.165, 1.54) is 18.7 Å². The van der Waals surface area contributed by atoms with Gasteiger partial charge in [-0.05, 0) is 37.5 Å². The van der Waals surface area contributed by atoms with E-state index in [0.29, 0.717) is 6.54 Å². The van der Waals surface area contributed by atoms with Crippen LogP contribution >= 0.6 is 0 Å². The van der Waals surface area contributed by atoms with Crippen molar-refractivity contribution in [1.82, 2.24) is 14.3 Å². The van der Waals surface area contributed by atoms with Crippen LogP contribution in [0.3, 0.4) is 0 Å². The van der Waals surface area contributed by atoms with Crippen LogP contribution in [0, 0.1) is 6.92 Å². The molecule has 0 saturated heterocycles. The molecule has 152 valence electrons. The molecule has 0 spiro atoms. The van der Waals surface area contributed by atoms with Crippen molar-refractivity contribution in [2.24, 2.45) is 7.05 Å². The average Bonchev–Trinajstić information content (AvgIpc) is 2.90. The molecule has 1 aliphatic heterocycles. The van der Waals surface area contributed by atoms with Crippen LogP contribution in [-0.2, 0) is 31.0 Å². The van der Waals surface area contributed by atoms with Crippen LogP contribution in [-0.4, -0.2) is 26.8 Å². The first kappa shape index (κ1) is 19.2. The quantitative estimate of drug-likeness (QED) is 0.660. The molecule has 6 nitrogen and oxygen atoms in total. The zero-order chi connectivity index (χ0) is 20.9. The second-order valence-corrected chi connectivity index (χ2v) is 7.17. The van der Waals surface area contributed by atoms with Crippen molar-refractivity contribution in [2.45, 2.75) is 32.5 Å². The number of amides is 1. The van der Waals surface area contributed by atoms with Gasteiger partial charge in [-0.2, -0.15) is 13.2 Å². The van der Waals surface area contributed by atoms with E-state index in [4.69, 9.17) is 0 Å². The zero-order valence-electron chi connectivity index (χ0n) is 16.0. The second kappa shape index (κ2) is 6.75. The summed E-state index contributed by atoms with van der Waals surface area (Å²) in [6, 6.07) is 8.36. The van der Waals surface area contributed by atoms with Crippen molar-refractivity contribution >= 4 is 22.6 Å². The number of hydrogen-bond donors (Lipinski definition) is 0. The number of carbonyl (C=O) groups is 1. The van der Waals surface area contributed by atoms with Gasteiger partial charge in [0.1, 0.15) is 6.54 Å². The van der Waals surface area contributed by atoms with E-state index in [1.807, 2.05) is 24.3 Å². The summed E-state index contributed by atoms with van der Waals surface area (Å²) in [6.45, 7) is 1.57. The van der Waals surface area contributed by atoms with Gasteiger partial charge in [-0.3, -0.25) is 14.3 Å². The monoisotopic (exact) mass is 404 g/mol. The van der Waals surface area contributed by atoms with Crippen LogP contribution in [0.15, 0.2) is 35.1 Å². The van der Waals surface area contributed by atoms with E-state index in [0.717, 1.165) is 34.8 Å². The Hall–Kier alpha value is -3.10. The van der Waals surface area contributed by atoms with Gasteiger partial charge in [-0.1, -0.05) is 18.2 Å². The SMILES string of the molecule is Cc1cc(C(F)(F)F)c2c(=O)n(CC(=O)N3CCCc4ccccc43)n(C)c2n1. The number of hydrogen-bond acceptors (Lipinski definition) is 3. The fourth-order valence-electron chi connectivity index (χ4n) is 3.89. The molecule has 29 heavy (non-hydrogen) atoms. The highest BCUT2D eigenvalue weighted by Gasteiger charge is 2.36. The molecular formula is C20H19F3N4O2. The Morgan fingerprint density at radius 1 is 1.24 bits per heavy atom. The summed E-state index contributed by atoms with van der Waals surface area (Å²) in [5.41, 5.74) is -0.0345. The fraction of sp³-hybridized carbons (Fsp3) is 0.350. The zero-order valence-corrected chi connectivity index (χ0v) is 16.0. The summed E-state index contributed by atoms with van der Waals surface area (Å²) in [5, 5.41) is -0.516. The third-order valence-electron chi connectivity index (χ3n) is 5.25. The summed E-state index contributed by atoms with van der Waals surface area (Å²) in [7, 11) is 1.44. The van der Waals surface area contributed by atoms with E-state index in [-0.39, 0.29) is 23.8 Å². The second-order valence-electron chi connectivity index (χ2n) is 7.17. The topological polar surface area (TPSA) is 60.1 Å². The maximum Gasteiger partial charge on any atom is 0.417 e. The highest BCUT2D eigenvalue weighted by Crippen LogP contribution is 2.33. The Balaban J connectivity index is 1.78. The number of aromatic nitrogens is 3. The van der Waals surface area contributed by atoms with E-state index in [9.17, 15) is 22.8 Å². The molecule has 0 N–H and O–H groups in total. The van der Waals surface area contributed by atoms with Crippen LogP contribution < -0.4 is 10.5 Å². The number of fused-ring (bicyclic) bond motifs is 2. The maximum atomic E-state index is 13.5. The van der Waals surface area contributed by atoms with E-state index in [1.54, 1.807) is 4.90 Å². The standard InChI is InChI=1S/C20H19F3N4O2/c1-12-10-14(20(21,22)23)17-18(24-12)25(2)27(19(17)29)11-16(28)26-9-5-7-13-6-3-4-8-15(13)26/h3-4,6,8,10H,5,7,9,11H2,1-2H3. The summed E-state index contributed by atoms with van der Waals surface area (Å²) < 4.78 is 42.7. The smallest absolute Gasteiger partial charge is 0.311 e. The maximum absolute atomic E-state index is 13.5. The molecule has 0 fully saturated rings. The van der Waals surface area contributed by atoms with Gasteiger partial charge in [0.2, 0.25) is 5.91 Å². The first-order chi connectivity index (χ1) is 13.7. The Bertz CT molecular complexity index is 1180. The molecule has 3 aromatic rings. The number of anilines is 1. The van der Waals surface area contributed by atoms with E-state index < -0.39 is 22.7 Å². The molecule has 0 aliphatic carbocycles. The Kier molecular flexibility index (Phi) is 4.48. The number of halogens is 3. The summed E-state index contributed by atoms with van der Waals surface area (Å²) in [5.74, 6) is -0.351. The number of pyridine rings is 1. The molecule has 1 aromatic carbocycles. The van der Waals surface area contributed by atoms with Crippen molar-refractivity contribution in [2.75, 3.05) is 11.4 Å². The van der Waals surface area contributed by atoms with Gasteiger partial charge in [0.25, 0.3) is 5.56 Å². The molecule has 0 bridgehead atoms. The first-order valence-corrected chi connectivity index (χ1v) is 9.21. The number of carbonyl (C=O) groups excluding carboxylic acids is 1. The van der Waals surface area contributed by atoms with Crippen LogP contribution in [0.1, 0.15) is 23.2 Å². The van der Waals surface area contributed by atoms with Gasteiger partial charge in [0, 0.05) is 25.0 Å². The predicted molar refractivity (Wildman–Crippen MR) is 102 cm³/mol. The van der Waals surface area contributed by atoms with Crippen molar-refractivity contribution in [1.29, 1.82) is 0 Å². The van der Waals surface area contributed by atoms with Gasteiger partial charge in [0.15, 0.2) is 5.65 Å². The molecule has 2 aromatic heterocycles. The van der Waals surface area contributed by atoms with Crippen LogP contribution in [0.25, 0.3) is 11.0 Å². The highest BCUT2D eigenvalue weighted by atomic mass is 19.4. The summed E-state index contributed by atoms with van der Waals surface area (Å²) >= 11 is 0. The number of benzene rings is 1. The lowest BCUT2D eigenvalue weighted by molar-refractivity contribution is -0.136. The van der Waals surface area contributed by atoms with Gasteiger partial charge in [0.05, 0.1) is 10.9 Å². The highest BCUT2D eigenvalue weighted by molar-refractivity contribution is 5.94. The molecule has 9 heteroatoms. The molecule has 0 radical (unpaired) electrons. The summed E-state index contributed by atoms with van der Waals surface area (Å²) in [4.78, 5) is 31.5. The van der Waals surface area contributed by atoms with Gasteiger partial charge >= 0.3 is 6.18 Å². The van der Waals surface area contributed by atoms with Crippen molar-refractivity contribution in [3.05, 3.63) is 57.5 Å². The van der Waals surface area contributed by atoms with Gasteiger partial charge in [-0.15, -0.1) is 0 Å². The number of aryl methyl sites for hydroxylation is 3. The molecule has 0 unspecified atom stereocenters. The van der Waals surface area contributed by atoms with Gasteiger partial charge < -0.3 is 4.90 Å². The van der Waals surface area contributed by atoms with Crippen molar-refractivity contribution < 1.29 is 18.0 Å². The molecule has 3 heterocycles. The van der Waals surface area contributed by atoms with Crippen molar-refractivity contribution in [3.8, 4) is 0 Å². The van der Waals surface area contributed by atoms with E-state index >= 15 is 0 Å². The van der Waals surface area contributed by atoms with Crippen LogP contribution in [0.4, 0.5) is 18.9 Å². The molecular weight excluding hydrogens is 385 g/mol. The Morgan fingerprint density at radius 2 is 1.97 bits per heavy atom. The Morgan fingerprint density at radius 3 is 2.69 bits per heavy atom. The van der Waals surface area contributed by atoms with Crippen LogP contribution in [0.2, 0.25) is 0 Å². The Labute approximate surface area is 164 Å². The largest absolute Gasteiger partial charge is 0.417 e. The first-order valence-electron chi connectivity index (χ1n) is 9.21. The molecule has 4 rings (SSSR count). The lowest BCUT2D eigenvalue weighted by atomic mass is 10.0. The number of alkyl halides is 3. The molecule has 0 atom stereocenters. The minimum atomic E-state index is -4.69.